The van der Waals surface area contributed by atoms with E-state index in [9.17, 15) is 5.11 Å². The van der Waals surface area contributed by atoms with E-state index < -0.39 is 6.10 Å². The highest BCUT2D eigenvalue weighted by molar-refractivity contribution is 5.81. The fourth-order valence-electron chi connectivity index (χ4n) is 2.28. The van der Waals surface area contributed by atoms with Gasteiger partial charge in [-0.15, -0.1) is 0 Å². The Labute approximate surface area is 115 Å². The zero-order chi connectivity index (χ0) is 14.2. The van der Waals surface area contributed by atoms with Crippen molar-refractivity contribution in [3.63, 3.8) is 0 Å². The lowest BCUT2D eigenvalue weighted by Gasteiger charge is -2.23. The van der Waals surface area contributed by atoms with Gasteiger partial charge in [-0.05, 0) is 29.4 Å². The molecular weight excluding hydrogens is 236 g/mol. The fourth-order valence-corrected chi connectivity index (χ4v) is 2.28. The summed E-state index contributed by atoms with van der Waals surface area (Å²) in [4.78, 5) is 0. The molecular formula is C17H24O2. The predicted molar refractivity (Wildman–Crippen MR) is 79.3 cm³/mol. The molecule has 0 aliphatic carbocycles. The summed E-state index contributed by atoms with van der Waals surface area (Å²) in [5.41, 5.74) is 1.94. The van der Waals surface area contributed by atoms with Crippen LogP contribution >= 0.6 is 0 Å². The highest BCUT2D eigenvalue weighted by Gasteiger charge is 2.27. The summed E-state index contributed by atoms with van der Waals surface area (Å²) in [5, 5.41) is 11.4. The number of hydrogen-bond donors (Lipinski definition) is 1. The van der Waals surface area contributed by atoms with Gasteiger partial charge in [-0.3, -0.25) is 0 Å². The van der Waals surface area contributed by atoms with Crippen LogP contribution in [0.3, 0.4) is 0 Å². The van der Waals surface area contributed by atoms with Crippen LogP contribution in [0.5, 0.6) is 0 Å². The van der Waals surface area contributed by atoms with Gasteiger partial charge in [0.25, 0.3) is 0 Å². The van der Waals surface area contributed by atoms with Gasteiger partial charge in [-0.1, -0.05) is 52.8 Å². The first-order valence-corrected chi connectivity index (χ1v) is 7.05. The molecule has 1 aromatic heterocycles. The van der Waals surface area contributed by atoms with E-state index in [4.69, 9.17) is 4.42 Å². The number of aliphatic hydroxyl groups excluding tert-OH is 1. The Balaban J connectivity index is 2.52. The van der Waals surface area contributed by atoms with Crippen LogP contribution in [0.15, 0.2) is 28.7 Å². The number of benzene rings is 1. The molecule has 0 aliphatic heterocycles. The highest BCUT2D eigenvalue weighted by atomic mass is 16.4. The molecule has 0 spiro atoms. The summed E-state index contributed by atoms with van der Waals surface area (Å²) in [7, 11) is 0. The molecule has 1 N–H and O–H groups in total. The van der Waals surface area contributed by atoms with E-state index in [0.717, 1.165) is 17.4 Å². The lowest BCUT2D eigenvalue weighted by atomic mass is 9.88. The smallest absolute Gasteiger partial charge is 0.137 e. The number of rotatable bonds is 3. The maximum absolute atomic E-state index is 10.4. The minimum absolute atomic E-state index is 0.218. The molecule has 2 rings (SSSR count). The van der Waals surface area contributed by atoms with Gasteiger partial charge in [0.2, 0.25) is 0 Å². The first kappa shape index (κ1) is 14.1. The molecule has 0 bridgehead atoms. The van der Waals surface area contributed by atoms with E-state index in [-0.39, 0.29) is 5.41 Å². The van der Waals surface area contributed by atoms with Crippen molar-refractivity contribution in [1.29, 1.82) is 0 Å². The second-order valence-electron chi connectivity index (χ2n) is 6.49. The van der Waals surface area contributed by atoms with Crippen LogP contribution in [0.4, 0.5) is 0 Å². The zero-order valence-corrected chi connectivity index (χ0v) is 12.5. The van der Waals surface area contributed by atoms with E-state index in [1.807, 2.05) is 32.9 Å². The average Bonchev–Trinajstić information content (AvgIpc) is 2.78. The van der Waals surface area contributed by atoms with Crippen molar-refractivity contribution in [2.24, 2.45) is 5.41 Å². The number of para-hydroxylation sites is 1. The molecule has 2 atom stereocenters. The van der Waals surface area contributed by atoms with Gasteiger partial charge in [-0.2, -0.15) is 0 Å². The third-order valence-electron chi connectivity index (χ3n) is 3.83. The molecule has 2 aromatic rings. The van der Waals surface area contributed by atoms with E-state index in [1.54, 1.807) is 0 Å². The van der Waals surface area contributed by atoms with Crippen LogP contribution in [0.25, 0.3) is 11.0 Å². The summed E-state index contributed by atoms with van der Waals surface area (Å²) >= 11 is 0. The van der Waals surface area contributed by atoms with Gasteiger partial charge < -0.3 is 9.52 Å². The average molecular weight is 260 g/mol. The van der Waals surface area contributed by atoms with Gasteiger partial charge in [-0.25, -0.2) is 0 Å². The van der Waals surface area contributed by atoms with Crippen molar-refractivity contribution >= 4 is 11.0 Å². The normalized spacial score (nSPS) is 15.7. The minimum atomic E-state index is -0.579. The van der Waals surface area contributed by atoms with Gasteiger partial charge in [0.1, 0.15) is 17.4 Å². The lowest BCUT2D eigenvalue weighted by Crippen LogP contribution is -2.17. The van der Waals surface area contributed by atoms with Crippen LogP contribution in [0.2, 0.25) is 0 Å². The second kappa shape index (κ2) is 5.01. The molecule has 0 fully saturated rings. The summed E-state index contributed by atoms with van der Waals surface area (Å²) in [6, 6.07) is 8.20. The van der Waals surface area contributed by atoms with Crippen molar-refractivity contribution in [3.8, 4) is 0 Å². The molecule has 2 unspecified atom stereocenters. The SMILES string of the molecule is CCC(C)c1cccc2cc(C(O)C(C)(C)C)oc12. The number of fused-ring (bicyclic) bond motifs is 1. The first-order valence-electron chi connectivity index (χ1n) is 7.05. The van der Waals surface area contributed by atoms with E-state index in [2.05, 4.69) is 26.0 Å². The third-order valence-corrected chi connectivity index (χ3v) is 3.83. The van der Waals surface area contributed by atoms with Crippen molar-refractivity contribution in [3.05, 3.63) is 35.6 Å². The van der Waals surface area contributed by atoms with Crippen LogP contribution < -0.4 is 0 Å². The number of hydrogen-bond acceptors (Lipinski definition) is 2. The first-order chi connectivity index (χ1) is 8.84. The Morgan fingerprint density at radius 1 is 1.26 bits per heavy atom. The van der Waals surface area contributed by atoms with Crippen LogP contribution in [-0.4, -0.2) is 5.11 Å². The van der Waals surface area contributed by atoms with Crippen molar-refractivity contribution < 1.29 is 9.52 Å². The van der Waals surface area contributed by atoms with E-state index in [0.29, 0.717) is 11.7 Å². The molecule has 0 radical (unpaired) electrons. The van der Waals surface area contributed by atoms with Crippen molar-refractivity contribution in [2.45, 2.75) is 53.1 Å². The van der Waals surface area contributed by atoms with E-state index in [1.165, 1.54) is 5.56 Å². The molecule has 2 nitrogen and oxygen atoms in total. The summed E-state index contributed by atoms with van der Waals surface area (Å²) in [6.45, 7) is 10.4. The standard InChI is InChI=1S/C17H24O2/c1-6-11(2)13-9-7-8-12-10-14(19-15(12)13)16(18)17(3,4)5/h7-11,16,18H,6H2,1-5H3. The Morgan fingerprint density at radius 3 is 2.53 bits per heavy atom. The monoisotopic (exact) mass is 260 g/mol. The largest absolute Gasteiger partial charge is 0.458 e. The number of furan rings is 1. The van der Waals surface area contributed by atoms with E-state index >= 15 is 0 Å². The molecule has 0 saturated heterocycles. The maximum atomic E-state index is 10.4. The summed E-state index contributed by atoms with van der Waals surface area (Å²) in [6.07, 6.45) is 0.501. The number of aliphatic hydroxyl groups is 1. The summed E-state index contributed by atoms with van der Waals surface area (Å²) < 4.78 is 5.96. The summed E-state index contributed by atoms with van der Waals surface area (Å²) in [5.74, 6) is 1.13. The van der Waals surface area contributed by atoms with Gasteiger partial charge >= 0.3 is 0 Å². The Bertz CT molecular complexity index is 560. The zero-order valence-electron chi connectivity index (χ0n) is 12.5. The predicted octanol–water partition coefficient (Wildman–Crippen LogP) is 5.03. The van der Waals surface area contributed by atoms with Crippen LogP contribution in [0.1, 0.15) is 64.4 Å². The van der Waals surface area contributed by atoms with Gasteiger partial charge in [0.05, 0.1) is 0 Å². The molecule has 104 valence electrons. The Morgan fingerprint density at radius 2 is 1.95 bits per heavy atom. The fraction of sp³-hybridized carbons (Fsp3) is 0.529. The topological polar surface area (TPSA) is 33.4 Å². The Kier molecular flexibility index (Phi) is 3.73. The maximum Gasteiger partial charge on any atom is 0.137 e. The van der Waals surface area contributed by atoms with Crippen molar-refractivity contribution in [2.75, 3.05) is 0 Å². The van der Waals surface area contributed by atoms with Gasteiger partial charge in [0.15, 0.2) is 0 Å². The molecule has 1 heterocycles. The molecule has 19 heavy (non-hydrogen) atoms. The molecule has 1 aromatic carbocycles. The highest BCUT2D eigenvalue weighted by Crippen LogP contribution is 2.37. The van der Waals surface area contributed by atoms with Crippen LogP contribution in [0, 0.1) is 5.41 Å². The quantitative estimate of drug-likeness (QED) is 0.840. The van der Waals surface area contributed by atoms with Gasteiger partial charge in [0, 0.05) is 5.39 Å². The molecule has 0 aliphatic rings. The lowest BCUT2D eigenvalue weighted by molar-refractivity contribution is 0.0448. The van der Waals surface area contributed by atoms with Crippen molar-refractivity contribution in [1.82, 2.24) is 0 Å². The molecule has 0 saturated carbocycles. The minimum Gasteiger partial charge on any atom is -0.458 e. The third kappa shape index (κ3) is 2.69. The van der Waals surface area contributed by atoms with Crippen LogP contribution in [-0.2, 0) is 0 Å². The Hall–Kier alpha value is -1.28. The second-order valence-corrected chi connectivity index (χ2v) is 6.49. The molecule has 0 amide bonds. The molecule has 2 heteroatoms.